The van der Waals surface area contributed by atoms with Gasteiger partial charge in [0.1, 0.15) is 0 Å². The summed E-state index contributed by atoms with van der Waals surface area (Å²) in [5.41, 5.74) is 0.551. The molecule has 1 atom stereocenters. The van der Waals surface area contributed by atoms with E-state index < -0.39 is 10.0 Å². The fourth-order valence-electron chi connectivity index (χ4n) is 2.79. The minimum atomic E-state index is -3.22. The van der Waals surface area contributed by atoms with E-state index in [0.717, 1.165) is 12.8 Å². The quantitative estimate of drug-likeness (QED) is 0.829. The average molecular weight is 307 g/mol. The zero-order valence-corrected chi connectivity index (χ0v) is 12.6. The highest BCUT2D eigenvalue weighted by molar-refractivity contribution is 7.88. The summed E-state index contributed by atoms with van der Waals surface area (Å²) in [5.74, 6) is 0. The Morgan fingerprint density at radius 3 is 2.81 bits per heavy atom. The van der Waals surface area contributed by atoms with E-state index in [0.29, 0.717) is 24.0 Å². The molecule has 6 nitrogen and oxygen atoms in total. The Morgan fingerprint density at radius 1 is 1.29 bits per heavy atom. The molecule has 1 aromatic heterocycles. The van der Waals surface area contributed by atoms with Crippen LogP contribution < -0.4 is 5.56 Å². The number of benzene rings is 1. The average Bonchev–Trinajstić information content (AvgIpc) is 2.47. The molecule has 21 heavy (non-hydrogen) atoms. The van der Waals surface area contributed by atoms with Gasteiger partial charge in [-0.25, -0.2) is 17.7 Å². The summed E-state index contributed by atoms with van der Waals surface area (Å²) in [6.07, 6.45) is 4.26. The van der Waals surface area contributed by atoms with E-state index in [9.17, 15) is 13.2 Å². The zero-order chi connectivity index (χ0) is 15.0. The standard InChI is InChI=1S/C14H17N3O3S/c1-21(19,20)16-8-4-5-11(9-16)17-10-15-13-7-3-2-6-12(13)14(17)18/h2-3,6-7,10-11H,4-5,8-9H2,1H3. The van der Waals surface area contributed by atoms with Gasteiger partial charge in [0.15, 0.2) is 0 Å². The Morgan fingerprint density at radius 2 is 2.05 bits per heavy atom. The number of para-hydroxylation sites is 1. The summed E-state index contributed by atoms with van der Waals surface area (Å²) < 4.78 is 26.4. The minimum Gasteiger partial charge on any atom is -0.294 e. The molecular formula is C14H17N3O3S. The Hall–Kier alpha value is -1.73. The number of hydrogen-bond donors (Lipinski definition) is 0. The number of aromatic nitrogens is 2. The van der Waals surface area contributed by atoms with Crippen LogP contribution >= 0.6 is 0 Å². The molecule has 0 N–H and O–H groups in total. The van der Waals surface area contributed by atoms with Crippen LogP contribution in [-0.4, -0.2) is 41.6 Å². The topological polar surface area (TPSA) is 72.3 Å². The molecule has 3 rings (SSSR count). The van der Waals surface area contributed by atoms with E-state index in [-0.39, 0.29) is 11.6 Å². The van der Waals surface area contributed by atoms with E-state index in [1.807, 2.05) is 6.07 Å². The molecule has 112 valence electrons. The summed E-state index contributed by atoms with van der Waals surface area (Å²) in [4.78, 5) is 16.8. The molecule has 7 heteroatoms. The van der Waals surface area contributed by atoms with Crippen molar-refractivity contribution < 1.29 is 8.42 Å². The smallest absolute Gasteiger partial charge is 0.261 e. The van der Waals surface area contributed by atoms with Crippen molar-refractivity contribution in [3.8, 4) is 0 Å². The van der Waals surface area contributed by atoms with Crippen molar-refractivity contribution in [1.29, 1.82) is 0 Å². The van der Waals surface area contributed by atoms with Gasteiger partial charge in [0.25, 0.3) is 5.56 Å². The Balaban J connectivity index is 2.01. The van der Waals surface area contributed by atoms with Crippen LogP contribution in [0.5, 0.6) is 0 Å². The van der Waals surface area contributed by atoms with Crippen LogP contribution in [0.2, 0.25) is 0 Å². The molecule has 1 aliphatic rings. The fourth-order valence-corrected chi connectivity index (χ4v) is 3.70. The van der Waals surface area contributed by atoms with Crippen molar-refractivity contribution in [3.05, 3.63) is 40.9 Å². The first kappa shape index (κ1) is 14.2. The molecule has 0 aliphatic carbocycles. The van der Waals surface area contributed by atoms with Crippen molar-refractivity contribution >= 4 is 20.9 Å². The highest BCUT2D eigenvalue weighted by Gasteiger charge is 2.27. The second kappa shape index (κ2) is 5.23. The van der Waals surface area contributed by atoms with Crippen LogP contribution in [0.1, 0.15) is 18.9 Å². The first-order valence-corrected chi connectivity index (χ1v) is 8.72. The molecule has 0 saturated carbocycles. The summed E-state index contributed by atoms with van der Waals surface area (Å²) in [6, 6.07) is 7.03. The monoisotopic (exact) mass is 307 g/mol. The van der Waals surface area contributed by atoms with Crippen LogP contribution in [0.25, 0.3) is 10.9 Å². The third kappa shape index (κ3) is 2.71. The SMILES string of the molecule is CS(=O)(=O)N1CCCC(n2cnc3ccccc3c2=O)C1. The van der Waals surface area contributed by atoms with E-state index >= 15 is 0 Å². The number of nitrogens with zero attached hydrogens (tertiary/aromatic N) is 3. The number of fused-ring (bicyclic) bond motifs is 1. The molecule has 0 radical (unpaired) electrons. The molecule has 0 spiro atoms. The second-order valence-electron chi connectivity index (χ2n) is 5.39. The van der Waals surface area contributed by atoms with Gasteiger partial charge in [-0.2, -0.15) is 0 Å². The molecule has 1 saturated heterocycles. The Bertz CT molecular complexity index is 829. The lowest BCUT2D eigenvalue weighted by atomic mass is 10.1. The Labute approximate surface area is 123 Å². The van der Waals surface area contributed by atoms with Crippen LogP contribution in [0, 0.1) is 0 Å². The minimum absolute atomic E-state index is 0.110. The molecule has 2 heterocycles. The van der Waals surface area contributed by atoms with Gasteiger partial charge in [-0.05, 0) is 25.0 Å². The van der Waals surface area contributed by atoms with Crippen LogP contribution in [0.15, 0.2) is 35.4 Å². The molecule has 1 aliphatic heterocycles. The molecule has 0 amide bonds. The van der Waals surface area contributed by atoms with Gasteiger partial charge in [0.05, 0.1) is 29.5 Å². The third-order valence-electron chi connectivity index (χ3n) is 3.91. The first-order chi connectivity index (χ1) is 9.97. The summed E-state index contributed by atoms with van der Waals surface area (Å²) in [5, 5.41) is 0.566. The van der Waals surface area contributed by atoms with E-state index in [2.05, 4.69) is 4.98 Å². The lowest BCUT2D eigenvalue weighted by molar-refractivity contribution is 0.263. The lowest BCUT2D eigenvalue weighted by Gasteiger charge is -2.31. The maximum absolute atomic E-state index is 12.5. The summed E-state index contributed by atoms with van der Waals surface area (Å²) >= 11 is 0. The van der Waals surface area contributed by atoms with E-state index in [1.165, 1.54) is 16.9 Å². The van der Waals surface area contributed by atoms with Crippen LogP contribution in [0.4, 0.5) is 0 Å². The normalized spacial score (nSPS) is 20.7. The molecular weight excluding hydrogens is 290 g/mol. The second-order valence-corrected chi connectivity index (χ2v) is 7.37. The number of hydrogen-bond acceptors (Lipinski definition) is 4. The third-order valence-corrected chi connectivity index (χ3v) is 5.18. The number of sulfonamides is 1. The van der Waals surface area contributed by atoms with Gasteiger partial charge in [-0.15, -0.1) is 0 Å². The summed E-state index contributed by atoms with van der Waals surface area (Å²) in [6.45, 7) is 0.851. The van der Waals surface area contributed by atoms with E-state index in [4.69, 9.17) is 0 Å². The van der Waals surface area contributed by atoms with Gasteiger partial charge in [-0.1, -0.05) is 12.1 Å². The van der Waals surface area contributed by atoms with Gasteiger partial charge in [0.2, 0.25) is 10.0 Å². The maximum Gasteiger partial charge on any atom is 0.261 e. The molecule has 1 unspecified atom stereocenters. The molecule has 2 aromatic rings. The van der Waals surface area contributed by atoms with Crippen LogP contribution in [-0.2, 0) is 10.0 Å². The van der Waals surface area contributed by atoms with Crippen molar-refractivity contribution in [2.24, 2.45) is 0 Å². The van der Waals surface area contributed by atoms with Gasteiger partial charge in [-0.3, -0.25) is 9.36 Å². The fraction of sp³-hybridized carbons (Fsp3) is 0.429. The highest BCUT2D eigenvalue weighted by Crippen LogP contribution is 2.22. The Kier molecular flexibility index (Phi) is 3.54. The first-order valence-electron chi connectivity index (χ1n) is 6.88. The zero-order valence-electron chi connectivity index (χ0n) is 11.8. The maximum atomic E-state index is 12.5. The number of rotatable bonds is 2. The molecule has 1 aromatic carbocycles. The largest absolute Gasteiger partial charge is 0.294 e. The lowest BCUT2D eigenvalue weighted by Crippen LogP contribution is -2.42. The van der Waals surface area contributed by atoms with Gasteiger partial charge >= 0.3 is 0 Å². The van der Waals surface area contributed by atoms with Crippen molar-refractivity contribution in [2.45, 2.75) is 18.9 Å². The van der Waals surface area contributed by atoms with E-state index in [1.54, 1.807) is 22.8 Å². The van der Waals surface area contributed by atoms with Crippen molar-refractivity contribution in [3.63, 3.8) is 0 Å². The predicted octanol–water partition coefficient (Wildman–Crippen LogP) is 0.993. The molecule has 1 fully saturated rings. The highest BCUT2D eigenvalue weighted by atomic mass is 32.2. The van der Waals surface area contributed by atoms with Crippen LogP contribution in [0.3, 0.4) is 0 Å². The van der Waals surface area contributed by atoms with Gasteiger partial charge < -0.3 is 0 Å². The molecule has 0 bridgehead atoms. The van der Waals surface area contributed by atoms with Crippen molar-refractivity contribution in [2.75, 3.05) is 19.3 Å². The predicted molar refractivity (Wildman–Crippen MR) is 80.7 cm³/mol. The van der Waals surface area contributed by atoms with Gasteiger partial charge in [0, 0.05) is 13.1 Å². The number of piperidine rings is 1. The van der Waals surface area contributed by atoms with Crippen molar-refractivity contribution in [1.82, 2.24) is 13.9 Å². The summed E-state index contributed by atoms with van der Waals surface area (Å²) in [7, 11) is -3.22.